The largest absolute Gasteiger partial charge is 0.370 e. The van der Waals surface area contributed by atoms with Crippen molar-refractivity contribution in [1.82, 2.24) is 5.32 Å². The predicted molar refractivity (Wildman–Crippen MR) is 89.9 cm³/mol. The molecule has 3 rings (SSSR count). The summed E-state index contributed by atoms with van der Waals surface area (Å²) in [6.07, 6.45) is 5.87. The van der Waals surface area contributed by atoms with E-state index in [0.29, 0.717) is 12.5 Å². The average molecular weight is 301 g/mol. The number of rotatable bonds is 5. The lowest BCUT2D eigenvalue weighted by Crippen LogP contribution is -2.41. The van der Waals surface area contributed by atoms with Gasteiger partial charge in [0.2, 0.25) is 0 Å². The van der Waals surface area contributed by atoms with Crippen molar-refractivity contribution < 1.29 is 4.74 Å². The molecule has 1 aliphatic carbocycles. The van der Waals surface area contributed by atoms with Crippen molar-refractivity contribution in [2.24, 2.45) is 16.6 Å². The lowest BCUT2D eigenvalue weighted by molar-refractivity contribution is -0.0559. The van der Waals surface area contributed by atoms with Crippen LogP contribution in [0.15, 0.2) is 29.3 Å². The molecule has 0 saturated heterocycles. The Bertz CT molecular complexity index is 539. The van der Waals surface area contributed by atoms with Gasteiger partial charge >= 0.3 is 0 Å². The minimum absolute atomic E-state index is 0.322. The zero-order valence-corrected chi connectivity index (χ0v) is 13.5. The van der Waals surface area contributed by atoms with E-state index in [1.807, 2.05) is 0 Å². The van der Waals surface area contributed by atoms with Crippen molar-refractivity contribution in [3.8, 4) is 0 Å². The Morgan fingerprint density at radius 1 is 1.41 bits per heavy atom. The first-order chi connectivity index (χ1) is 10.7. The maximum absolute atomic E-state index is 6.16. The summed E-state index contributed by atoms with van der Waals surface area (Å²) >= 11 is 0. The second-order valence-corrected chi connectivity index (χ2v) is 6.48. The smallest absolute Gasteiger partial charge is 0.188 e. The molecule has 120 valence electrons. The Kier molecular flexibility index (Phi) is 4.67. The molecule has 1 atom stereocenters. The molecule has 1 aromatic carbocycles. The van der Waals surface area contributed by atoms with E-state index in [4.69, 9.17) is 10.5 Å². The molecule has 1 fully saturated rings. The van der Waals surface area contributed by atoms with Gasteiger partial charge in [0.1, 0.15) is 5.60 Å². The van der Waals surface area contributed by atoms with Gasteiger partial charge in [-0.05, 0) is 42.7 Å². The van der Waals surface area contributed by atoms with Gasteiger partial charge in [0.25, 0.3) is 0 Å². The Labute approximate surface area is 133 Å². The van der Waals surface area contributed by atoms with Gasteiger partial charge in [-0.3, -0.25) is 4.99 Å². The number of nitrogens with zero attached hydrogens (tertiary/aromatic N) is 1. The van der Waals surface area contributed by atoms with Crippen molar-refractivity contribution in [2.45, 2.75) is 44.6 Å². The zero-order chi connectivity index (χ0) is 15.4. The van der Waals surface area contributed by atoms with E-state index in [1.165, 1.54) is 30.4 Å². The first-order valence-corrected chi connectivity index (χ1v) is 8.49. The van der Waals surface area contributed by atoms with E-state index < -0.39 is 0 Å². The van der Waals surface area contributed by atoms with Gasteiger partial charge in [-0.1, -0.05) is 37.6 Å². The summed E-state index contributed by atoms with van der Waals surface area (Å²) in [5, 5.41) is 3.26. The van der Waals surface area contributed by atoms with Crippen LogP contribution in [0.3, 0.4) is 0 Å². The highest BCUT2D eigenvalue weighted by molar-refractivity contribution is 5.77. The number of nitrogens with one attached hydrogen (secondary N) is 1. The van der Waals surface area contributed by atoms with Crippen molar-refractivity contribution in [1.29, 1.82) is 0 Å². The van der Waals surface area contributed by atoms with Gasteiger partial charge in [0.05, 0.1) is 13.2 Å². The molecule has 1 unspecified atom stereocenters. The minimum Gasteiger partial charge on any atom is -0.370 e. The molecule has 0 aromatic heterocycles. The van der Waals surface area contributed by atoms with Crippen LogP contribution in [0.2, 0.25) is 0 Å². The number of fused-ring (bicyclic) bond motifs is 1. The van der Waals surface area contributed by atoms with Crippen molar-refractivity contribution in [3.63, 3.8) is 0 Å². The Morgan fingerprint density at radius 3 is 2.95 bits per heavy atom. The molecule has 0 radical (unpaired) electrons. The van der Waals surface area contributed by atoms with Gasteiger partial charge in [0, 0.05) is 6.54 Å². The average Bonchev–Trinajstić information content (AvgIpc) is 2.51. The number of hydrogen-bond donors (Lipinski definition) is 2. The molecular weight excluding hydrogens is 274 g/mol. The second kappa shape index (κ2) is 6.69. The fraction of sp³-hybridized carbons (Fsp3) is 0.611. The fourth-order valence-electron chi connectivity index (χ4n) is 3.37. The van der Waals surface area contributed by atoms with Crippen molar-refractivity contribution in [2.75, 3.05) is 19.7 Å². The molecule has 1 aromatic rings. The number of nitrogens with two attached hydrogens (primary N) is 1. The topological polar surface area (TPSA) is 59.6 Å². The summed E-state index contributed by atoms with van der Waals surface area (Å²) in [6, 6.07) is 8.55. The van der Waals surface area contributed by atoms with Gasteiger partial charge in [-0.25, -0.2) is 0 Å². The van der Waals surface area contributed by atoms with Gasteiger partial charge < -0.3 is 15.8 Å². The normalized spacial score (nSPS) is 25.4. The molecule has 22 heavy (non-hydrogen) atoms. The Hall–Kier alpha value is -1.55. The summed E-state index contributed by atoms with van der Waals surface area (Å²) in [5.41, 5.74) is 8.37. The van der Waals surface area contributed by atoms with E-state index in [2.05, 4.69) is 41.5 Å². The Morgan fingerprint density at radius 2 is 2.23 bits per heavy atom. The number of benzene rings is 1. The van der Waals surface area contributed by atoms with E-state index in [1.54, 1.807) is 0 Å². The highest BCUT2D eigenvalue weighted by Crippen LogP contribution is 2.36. The summed E-state index contributed by atoms with van der Waals surface area (Å²) < 4.78 is 6.16. The number of guanidine groups is 1. The van der Waals surface area contributed by atoms with Gasteiger partial charge in [-0.15, -0.1) is 0 Å². The summed E-state index contributed by atoms with van der Waals surface area (Å²) in [5.74, 6) is 1.33. The van der Waals surface area contributed by atoms with Crippen LogP contribution in [0.4, 0.5) is 0 Å². The molecule has 0 spiro atoms. The lowest BCUT2D eigenvalue weighted by atomic mass is 9.84. The van der Waals surface area contributed by atoms with E-state index in [0.717, 1.165) is 31.9 Å². The fourth-order valence-corrected chi connectivity index (χ4v) is 3.37. The SMILES string of the molecule is CCC1(CN=C(N)NCC2CCC2)OCCc2ccccc21. The molecule has 4 heteroatoms. The van der Waals surface area contributed by atoms with Crippen LogP contribution in [0.25, 0.3) is 0 Å². The van der Waals surface area contributed by atoms with E-state index >= 15 is 0 Å². The van der Waals surface area contributed by atoms with Crippen LogP contribution >= 0.6 is 0 Å². The maximum Gasteiger partial charge on any atom is 0.188 e. The van der Waals surface area contributed by atoms with Crippen LogP contribution in [-0.4, -0.2) is 25.7 Å². The van der Waals surface area contributed by atoms with E-state index in [-0.39, 0.29) is 5.60 Å². The molecule has 2 aliphatic rings. The molecule has 0 amide bonds. The highest BCUT2D eigenvalue weighted by atomic mass is 16.5. The molecule has 1 heterocycles. The second-order valence-electron chi connectivity index (χ2n) is 6.48. The van der Waals surface area contributed by atoms with Crippen LogP contribution in [0, 0.1) is 5.92 Å². The Balaban J connectivity index is 1.68. The third-order valence-corrected chi connectivity index (χ3v) is 5.13. The van der Waals surface area contributed by atoms with Crippen molar-refractivity contribution >= 4 is 5.96 Å². The number of hydrogen-bond acceptors (Lipinski definition) is 2. The van der Waals surface area contributed by atoms with Crippen molar-refractivity contribution in [3.05, 3.63) is 35.4 Å². The number of ether oxygens (including phenoxy) is 1. The quantitative estimate of drug-likeness (QED) is 0.649. The molecule has 1 saturated carbocycles. The molecule has 3 N–H and O–H groups in total. The maximum atomic E-state index is 6.16. The molecular formula is C18H27N3O. The van der Waals surface area contributed by atoms with Gasteiger partial charge in [-0.2, -0.15) is 0 Å². The first kappa shape index (κ1) is 15.3. The van der Waals surface area contributed by atoms with Crippen LogP contribution in [0.5, 0.6) is 0 Å². The molecule has 1 aliphatic heterocycles. The van der Waals surface area contributed by atoms with Crippen LogP contribution in [-0.2, 0) is 16.8 Å². The third kappa shape index (κ3) is 3.12. The van der Waals surface area contributed by atoms with E-state index in [9.17, 15) is 0 Å². The lowest BCUT2D eigenvalue weighted by Gasteiger charge is -2.37. The van der Waals surface area contributed by atoms with Gasteiger partial charge in [0.15, 0.2) is 5.96 Å². The molecule has 4 nitrogen and oxygen atoms in total. The third-order valence-electron chi connectivity index (χ3n) is 5.13. The van der Waals surface area contributed by atoms with Crippen LogP contribution < -0.4 is 11.1 Å². The summed E-state index contributed by atoms with van der Waals surface area (Å²) in [7, 11) is 0. The minimum atomic E-state index is -0.322. The monoisotopic (exact) mass is 301 g/mol. The standard InChI is InChI=1S/C18H27N3O/c1-2-18(13-21-17(19)20-12-14-6-5-7-14)16-9-4-3-8-15(16)10-11-22-18/h3-4,8-9,14H,2,5-7,10-13H2,1H3,(H3,19,20,21). The highest BCUT2D eigenvalue weighted by Gasteiger charge is 2.36. The predicted octanol–water partition coefficient (Wildman–Crippen LogP) is 2.57. The summed E-state index contributed by atoms with van der Waals surface area (Å²) in [6.45, 7) is 4.46. The van der Waals surface area contributed by atoms with Crippen LogP contribution in [0.1, 0.15) is 43.7 Å². The summed E-state index contributed by atoms with van der Waals surface area (Å²) in [4.78, 5) is 4.58. The number of aliphatic imine (C=N–C) groups is 1. The molecule has 0 bridgehead atoms. The first-order valence-electron chi connectivity index (χ1n) is 8.49. The zero-order valence-electron chi connectivity index (χ0n) is 13.5.